The van der Waals surface area contributed by atoms with E-state index < -0.39 is 23.8 Å². The molecule has 0 unspecified atom stereocenters. The molecule has 6 heteroatoms. The van der Waals surface area contributed by atoms with Crippen molar-refractivity contribution in [2.45, 2.75) is 102 Å². The van der Waals surface area contributed by atoms with E-state index in [1.807, 2.05) is 24.3 Å². The molecule has 2 aliphatic carbocycles. The third-order valence-corrected chi connectivity index (χ3v) is 6.44. The molecule has 3 rings (SSSR count). The van der Waals surface area contributed by atoms with Crippen LogP contribution in [0.4, 0.5) is 4.79 Å². The zero-order valence-electron chi connectivity index (χ0n) is 19.0. The van der Waals surface area contributed by atoms with Gasteiger partial charge in [0.2, 0.25) is 0 Å². The number of benzene rings is 1. The number of aliphatic hydroxyl groups excluding tert-OH is 1. The highest BCUT2D eigenvalue weighted by molar-refractivity contribution is 5.78. The zero-order valence-corrected chi connectivity index (χ0v) is 19.0. The van der Waals surface area contributed by atoms with Crippen LogP contribution in [0.3, 0.4) is 0 Å². The lowest BCUT2D eigenvalue weighted by Gasteiger charge is -2.28. The molecule has 2 aliphatic rings. The standard InChI is InChI=1S/C25H36O6/c1-17(19-14-12-18(13-15-19)16-20-8-7-11-22(20)26)23(27)30-25(2,3)31-24(28)29-21-9-5-4-6-10-21/h12-15,17,20-22,26H,4-11,16H2,1-3H3/t17-,20+,22-/m0/s1. The number of hydrogen-bond donors (Lipinski definition) is 1. The van der Waals surface area contributed by atoms with Crippen molar-refractivity contribution in [3.63, 3.8) is 0 Å². The summed E-state index contributed by atoms with van der Waals surface area (Å²) in [6.07, 6.45) is 7.72. The van der Waals surface area contributed by atoms with Crippen molar-refractivity contribution in [3.05, 3.63) is 35.4 Å². The minimum atomic E-state index is -1.41. The van der Waals surface area contributed by atoms with Crippen LogP contribution in [0.25, 0.3) is 0 Å². The Bertz CT molecular complexity index is 735. The van der Waals surface area contributed by atoms with Gasteiger partial charge in [-0.25, -0.2) is 4.79 Å². The Morgan fingerprint density at radius 3 is 2.29 bits per heavy atom. The quantitative estimate of drug-likeness (QED) is 0.468. The van der Waals surface area contributed by atoms with Gasteiger partial charge in [-0.2, -0.15) is 0 Å². The molecule has 0 saturated heterocycles. The van der Waals surface area contributed by atoms with Crippen LogP contribution in [-0.4, -0.2) is 35.2 Å². The summed E-state index contributed by atoms with van der Waals surface area (Å²) in [6.45, 7) is 4.85. The highest BCUT2D eigenvalue weighted by Crippen LogP contribution is 2.29. The van der Waals surface area contributed by atoms with Crippen molar-refractivity contribution >= 4 is 12.1 Å². The van der Waals surface area contributed by atoms with Gasteiger partial charge >= 0.3 is 12.1 Å². The summed E-state index contributed by atoms with van der Waals surface area (Å²) in [5.41, 5.74) is 1.99. The number of rotatable bonds is 7. The second kappa shape index (κ2) is 10.5. The average molecular weight is 433 g/mol. The number of hydrogen-bond acceptors (Lipinski definition) is 6. The Morgan fingerprint density at radius 2 is 1.68 bits per heavy atom. The Hall–Kier alpha value is -2.08. The minimum Gasteiger partial charge on any atom is -0.431 e. The first kappa shape index (κ1) is 23.6. The fourth-order valence-electron chi connectivity index (χ4n) is 4.53. The summed E-state index contributed by atoms with van der Waals surface area (Å²) in [5, 5.41) is 10.0. The minimum absolute atomic E-state index is 0.115. The van der Waals surface area contributed by atoms with Crippen molar-refractivity contribution in [1.82, 2.24) is 0 Å². The van der Waals surface area contributed by atoms with E-state index in [-0.39, 0.29) is 12.2 Å². The smallest absolute Gasteiger partial charge is 0.431 e. The summed E-state index contributed by atoms with van der Waals surface area (Å²) in [6, 6.07) is 7.86. The van der Waals surface area contributed by atoms with Gasteiger partial charge in [0.1, 0.15) is 6.10 Å². The van der Waals surface area contributed by atoms with Gasteiger partial charge in [0.25, 0.3) is 5.79 Å². The molecule has 0 amide bonds. The third kappa shape index (κ3) is 6.96. The number of carbonyl (C=O) groups excluding carboxylic acids is 2. The molecule has 172 valence electrons. The SMILES string of the molecule is C[C@H](C(=O)OC(C)(C)OC(=O)OC1CCCCC1)c1ccc(C[C@H]2CCC[C@@H]2O)cc1. The molecule has 0 bridgehead atoms. The monoisotopic (exact) mass is 432 g/mol. The Kier molecular flexibility index (Phi) is 7.98. The third-order valence-electron chi connectivity index (χ3n) is 6.44. The molecule has 1 N–H and O–H groups in total. The summed E-state index contributed by atoms with van der Waals surface area (Å²) >= 11 is 0. The molecule has 0 radical (unpaired) electrons. The van der Waals surface area contributed by atoms with Gasteiger partial charge in [-0.05, 0) is 68.9 Å². The van der Waals surface area contributed by atoms with E-state index in [2.05, 4.69) is 0 Å². The Labute approximate surface area is 185 Å². The second-order valence-electron chi connectivity index (χ2n) is 9.48. The van der Waals surface area contributed by atoms with Crippen LogP contribution >= 0.6 is 0 Å². The molecule has 2 saturated carbocycles. The Morgan fingerprint density at radius 1 is 1.00 bits per heavy atom. The van der Waals surface area contributed by atoms with Crippen LogP contribution in [-0.2, 0) is 25.4 Å². The van der Waals surface area contributed by atoms with Crippen LogP contribution in [0.15, 0.2) is 24.3 Å². The number of esters is 1. The molecule has 0 heterocycles. The molecule has 3 atom stereocenters. The largest absolute Gasteiger partial charge is 0.511 e. The summed E-state index contributed by atoms with van der Waals surface area (Å²) in [5.74, 6) is -2.05. The molecule has 0 aromatic heterocycles. The van der Waals surface area contributed by atoms with Gasteiger partial charge in [0.05, 0.1) is 12.0 Å². The normalized spacial score (nSPS) is 23.2. The number of aliphatic hydroxyl groups is 1. The van der Waals surface area contributed by atoms with Crippen molar-refractivity contribution in [3.8, 4) is 0 Å². The van der Waals surface area contributed by atoms with Gasteiger partial charge < -0.3 is 19.3 Å². The van der Waals surface area contributed by atoms with E-state index in [1.54, 1.807) is 6.92 Å². The predicted octanol–water partition coefficient (Wildman–Crippen LogP) is 5.26. The van der Waals surface area contributed by atoms with Crippen molar-refractivity contribution in [2.24, 2.45) is 5.92 Å². The highest BCUT2D eigenvalue weighted by Gasteiger charge is 2.32. The lowest BCUT2D eigenvalue weighted by molar-refractivity contribution is -0.203. The second-order valence-corrected chi connectivity index (χ2v) is 9.48. The molecule has 31 heavy (non-hydrogen) atoms. The maximum atomic E-state index is 12.6. The van der Waals surface area contributed by atoms with Gasteiger partial charge in [0.15, 0.2) is 0 Å². The van der Waals surface area contributed by atoms with E-state index in [0.717, 1.165) is 62.5 Å². The molecule has 0 aliphatic heterocycles. The average Bonchev–Trinajstić information content (AvgIpc) is 3.12. The van der Waals surface area contributed by atoms with Gasteiger partial charge in [0, 0.05) is 13.8 Å². The summed E-state index contributed by atoms with van der Waals surface area (Å²) in [4.78, 5) is 24.7. The van der Waals surface area contributed by atoms with Crippen molar-refractivity contribution in [1.29, 1.82) is 0 Å². The van der Waals surface area contributed by atoms with Crippen LogP contribution in [0.2, 0.25) is 0 Å². The van der Waals surface area contributed by atoms with Gasteiger partial charge in [-0.15, -0.1) is 0 Å². The fraction of sp³-hybridized carbons (Fsp3) is 0.680. The lowest BCUT2D eigenvalue weighted by atomic mass is 9.93. The predicted molar refractivity (Wildman–Crippen MR) is 117 cm³/mol. The zero-order chi connectivity index (χ0) is 22.4. The number of carbonyl (C=O) groups is 2. The van der Waals surface area contributed by atoms with E-state index >= 15 is 0 Å². The Balaban J connectivity index is 1.49. The first-order chi connectivity index (χ1) is 14.7. The van der Waals surface area contributed by atoms with E-state index in [9.17, 15) is 14.7 Å². The molecule has 2 fully saturated rings. The molecular formula is C25H36O6. The molecule has 1 aromatic carbocycles. The topological polar surface area (TPSA) is 82.1 Å². The van der Waals surface area contributed by atoms with Crippen LogP contribution in [0.1, 0.15) is 89.2 Å². The molecule has 1 aromatic rings. The van der Waals surface area contributed by atoms with Crippen molar-refractivity contribution in [2.75, 3.05) is 0 Å². The van der Waals surface area contributed by atoms with E-state index in [1.165, 1.54) is 20.3 Å². The maximum Gasteiger partial charge on any atom is 0.511 e. The van der Waals surface area contributed by atoms with Gasteiger partial charge in [-0.3, -0.25) is 4.79 Å². The van der Waals surface area contributed by atoms with Crippen molar-refractivity contribution < 1.29 is 28.9 Å². The fourth-order valence-corrected chi connectivity index (χ4v) is 4.53. The maximum absolute atomic E-state index is 12.6. The summed E-state index contributed by atoms with van der Waals surface area (Å²) in [7, 11) is 0. The molecule has 6 nitrogen and oxygen atoms in total. The van der Waals surface area contributed by atoms with Crippen LogP contribution in [0, 0.1) is 5.92 Å². The summed E-state index contributed by atoms with van der Waals surface area (Å²) < 4.78 is 16.1. The molecule has 0 spiro atoms. The van der Waals surface area contributed by atoms with Gasteiger partial charge in [-0.1, -0.05) is 37.1 Å². The molecular weight excluding hydrogens is 396 g/mol. The van der Waals surface area contributed by atoms with E-state index in [0.29, 0.717) is 5.92 Å². The first-order valence-electron chi connectivity index (χ1n) is 11.6. The highest BCUT2D eigenvalue weighted by atomic mass is 16.8. The number of ether oxygens (including phenoxy) is 3. The van der Waals surface area contributed by atoms with Crippen LogP contribution < -0.4 is 0 Å². The van der Waals surface area contributed by atoms with E-state index in [4.69, 9.17) is 14.2 Å². The lowest BCUT2D eigenvalue weighted by Crippen LogP contribution is -2.36. The first-order valence-corrected chi connectivity index (χ1v) is 11.6. The van der Waals surface area contributed by atoms with Crippen LogP contribution in [0.5, 0.6) is 0 Å².